The molecule has 0 atom stereocenters. The standard InChI is InChI=1S/C14H13BrF2N2/c1-19(10-4-2-3-9(18)7-10)8-11-13(16)6-5-12(15)14(11)17/h2-7H,8,18H2,1H3. The van der Waals surface area contributed by atoms with Gasteiger partial charge in [-0.3, -0.25) is 0 Å². The summed E-state index contributed by atoms with van der Waals surface area (Å²) in [6.07, 6.45) is 0. The number of anilines is 2. The summed E-state index contributed by atoms with van der Waals surface area (Å²) < 4.78 is 27.8. The van der Waals surface area contributed by atoms with Gasteiger partial charge >= 0.3 is 0 Å². The van der Waals surface area contributed by atoms with Crippen molar-refractivity contribution in [2.24, 2.45) is 0 Å². The minimum Gasteiger partial charge on any atom is -0.399 e. The van der Waals surface area contributed by atoms with Crippen LogP contribution < -0.4 is 10.6 Å². The van der Waals surface area contributed by atoms with Gasteiger partial charge in [-0.15, -0.1) is 0 Å². The maximum absolute atomic E-state index is 13.9. The lowest BCUT2D eigenvalue weighted by Gasteiger charge is -2.20. The lowest BCUT2D eigenvalue weighted by molar-refractivity contribution is 0.549. The van der Waals surface area contributed by atoms with E-state index < -0.39 is 11.6 Å². The van der Waals surface area contributed by atoms with E-state index in [1.165, 1.54) is 12.1 Å². The molecule has 0 aliphatic rings. The van der Waals surface area contributed by atoms with Crippen molar-refractivity contribution in [2.75, 3.05) is 17.7 Å². The molecule has 0 unspecified atom stereocenters. The van der Waals surface area contributed by atoms with Crippen LogP contribution in [0.15, 0.2) is 40.9 Å². The maximum Gasteiger partial charge on any atom is 0.145 e. The molecule has 0 heterocycles. The van der Waals surface area contributed by atoms with Crippen LogP contribution in [-0.2, 0) is 6.54 Å². The van der Waals surface area contributed by atoms with Gasteiger partial charge in [-0.1, -0.05) is 6.07 Å². The molecule has 100 valence electrons. The summed E-state index contributed by atoms with van der Waals surface area (Å²) in [4.78, 5) is 1.74. The van der Waals surface area contributed by atoms with Crippen LogP contribution in [0.5, 0.6) is 0 Å². The average Bonchev–Trinajstić information content (AvgIpc) is 2.39. The molecule has 0 saturated carbocycles. The molecule has 2 N–H and O–H groups in total. The minimum atomic E-state index is -0.573. The highest BCUT2D eigenvalue weighted by Gasteiger charge is 2.14. The quantitative estimate of drug-likeness (QED) is 0.683. The number of halogens is 3. The van der Waals surface area contributed by atoms with Crippen molar-refractivity contribution < 1.29 is 8.78 Å². The Morgan fingerprint density at radius 2 is 1.95 bits per heavy atom. The Hall–Kier alpha value is -1.62. The molecule has 2 rings (SSSR count). The van der Waals surface area contributed by atoms with E-state index in [4.69, 9.17) is 5.73 Å². The smallest absolute Gasteiger partial charge is 0.145 e. The highest BCUT2D eigenvalue weighted by atomic mass is 79.9. The number of hydrogen-bond acceptors (Lipinski definition) is 2. The third kappa shape index (κ3) is 3.04. The van der Waals surface area contributed by atoms with Crippen molar-refractivity contribution in [3.05, 3.63) is 58.1 Å². The monoisotopic (exact) mass is 326 g/mol. The second-order valence-corrected chi connectivity index (χ2v) is 5.13. The van der Waals surface area contributed by atoms with Crippen LogP contribution in [0.1, 0.15) is 5.56 Å². The molecule has 0 aliphatic heterocycles. The Morgan fingerprint density at radius 1 is 1.21 bits per heavy atom. The summed E-state index contributed by atoms with van der Waals surface area (Å²) in [5.74, 6) is -1.13. The molecule has 0 spiro atoms. The van der Waals surface area contributed by atoms with E-state index in [1.807, 2.05) is 6.07 Å². The van der Waals surface area contributed by atoms with Crippen LogP contribution in [-0.4, -0.2) is 7.05 Å². The molecule has 0 bridgehead atoms. The molecule has 2 nitrogen and oxygen atoms in total. The van der Waals surface area contributed by atoms with Crippen LogP contribution in [0.25, 0.3) is 0 Å². The Morgan fingerprint density at radius 3 is 2.63 bits per heavy atom. The van der Waals surface area contributed by atoms with Gasteiger partial charge in [0, 0.05) is 30.5 Å². The van der Waals surface area contributed by atoms with Gasteiger partial charge in [0.15, 0.2) is 0 Å². The van der Waals surface area contributed by atoms with Crippen LogP contribution in [0.2, 0.25) is 0 Å². The zero-order chi connectivity index (χ0) is 14.0. The maximum atomic E-state index is 13.9. The van der Waals surface area contributed by atoms with E-state index in [1.54, 1.807) is 30.1 Å². The van der Waals surface area contributed by atoms with Gasteiger partial charge in [-0.2, -0.15) is 0 Å². The van der Waals surface area contributed by atoms with Crippen molar-refractivity contribution in [3.63, 3.8) is 0 Å². The predicted octanol–water partition coefficient (Wildman–Crippen LogP) is 3.95. The van der Waals surface area contributed by atoms with Crippen LogP contribution in [0.4, 0.5) is 20.2 Å². The zero-order valence-electron chi connectivity index (χ0n) is 10.3. The number of nitrogens with two attached hydrogens (primary N) is 1. The number of rotatable bonds is 3. The first-order valence-corrected chi connectivity index (χ1v) is 6.47. The van der Waals surface area contributed by atoms with Gasteiger partial charge in [0.25, 0.3) is 0 Å². The molecule has 19 heavy (non-hydrogen) atoms. The van der Waals surface area contributed by atoms with Crippen LogP contribution >= 0.6 is 15.9 Å². The lowest BCUT2D eigenvalue weighted by Crippen LogP contribution is -2.18. The first-order valence-electron chi connectivity index (χ1n) is 5.68. The Kier molecular flexibility index (Phi) is 4.04. The van der Waals surface area contributed by atoms with Crippen molar-refractivity contribution in [3.8, 4) is 0 Å². The molecule has 0 fully saturated rings. The fraction of sp³-hybridized carbons (Fsp3) is 0.143. The number of benzene rings is 2. The molecule has 0 aromatic heterocycles. The molecule has 2 aromatic rings. The summed E-state index contributed by atoms with van der Waals surface area (Å²) >= 11 is 3.06. The van der Waals surface area contributed by atoms with E-state index in [2.05, 4.69) is 15.9 Å². The lowest BCUT2D eigenvalue weighted by atomic mass is 10.1. The first-order chi connectivity index (χ1) is 8.99. The molecular weight excluding hydrogens is 314 g/mol. The van der Waals surface area contributed by atoms with Crippen molar-refractivity contribution in [1.29, 1.82) is 0 Å². The zero-order valence-corrected chi connectivity index (χ0v) is 11.9. The van der Waals surface area contributed by atoms with Gasteiger partial charge in [0.1, 0.15) is 11.6 Å². The van der Waals surface area contributed by atoms with Gasteiger partial charge in [-0.25, -0.2) is 8.78 Å². The second kappa shape index (κ2) is 5.57. The van der Waals surface area contributed by atoms with Gasteiger partial charge in [-0.05, 0) is 46.3 Å². The Balaban J connectivity index is 2.29. The number of nitrogens with zero attached hydrogens (tertiary/aromatic N) is 1. The fourth-order valence-electron chi connectivity index (χ4n) is 1.80. The van der Waals surface area contributed by atoms with Crippen LogP contribution in [0, 0.1) is 11.6 Å². The molecule has 2 aromatic carbocycles. The number of nitrogen functional groups attached to an aromatic ring is 1. The molecule has 5 heteroatoms. The van der Waals surface area contributed by atoms with Crippen LogP contribution in [0.3, 0.4) is 0 Å². The fourth-order valence-corrected chi connectivity index (χ4v) is 2.18. The van der Waals surface area contributed by atoms with Gasteiger partial charge in [0.2, 0.25) is 0 Å². The van der Waals surface area contributed by atoms with E-state index in [9.17, 15) is 8.78 Å². The van der Waals surface area contributed by atoms with E-state index >= 15 is 0 Å². The summed E-state index contributed by atoms with van der Waals surface area (Å²) in [5, 5.41) is 0. The predicted molar refractivity (Wildman–Crippen MR) is 77.0 cm³/mol. The minimum absolute atomic E-state index is 0.0271. The van der Waals surface area contributed by atoms with Crippen molar-refractivity contribution in [1.82, 2.24) is 0 Å². The molecular formula is C14H13BrF2N2. The molecule has 0 radical (unpaired) electrons. The molecule has 0 saturated heterocycles. The third-order valence-corrected chi connectivity index (χ3v) is 3.46. The first kappa shape index (κ1) is 13.8. The van der Waals surface area contributed by atoms with E-state index in [0.717, 1.165) is 5.69 Å². The molecule has 0 amide bonds. The van der Waals surface area contributed by atoms with Crippen molar-refractivity contribution in [2.45, 2.75) is 6.54 Å². The number of hydrogen-bond donors (Lipinski definition) is 1. The highest BCUT2D eigenvalue weighted by Crippen LogP contribution is 2.25. The summed E-state index contributed by atoms with van der Waals surface area (Å²) in [7, 11) is 1.76. The normalized spacial score (nSPS) is 10.5. The summed E-state index contributed by atoms with van der Waals surface area (Å²) in [5.41, 5.74) is 7.13. The largest absolute Gasteiger partial charge is 0.399 e. The van der Waals surface area contributed by atoms with E-state index in [0.29, 0.717) is 5.69 Å². The SMILES string of the molecule is CN(Cc1c(F)ccc(Br)c1F)c1cccc(N)c1. The average molecular weight is 327 g/mol. The third-order valence-electron chi connectivity index (χ3n) is 2.85. The second-order valence-electron chi connectivity index (χ2n) is 4.27. The topological polar surface area (TPSA) is 29.3 Å². The summed E-state index contributed by atoms with van der Waals surface area (Å²) in [6, 6.07) is 9.76. The van der Waals surface area contributed by atoms with Gasteiger partial charge < -0.3 is 10.6 Å². The Bertz CT molecular complexity index is 602. The van der Waals surface area contributed by atoms with Gasteiger partial charge in [0.05, 0.1) is 4.47 Å². The highest BCUT2D eigenvalue weighted by molar-refractivity contribution is 9.10. The summed E-state index contributed by atoms with van der Waals surface area (Å²) in [6.45, 7) is 0.126. The van der Waals surface area contributed by atoms with E-state index in [-0.39, 0.29) is 16.6 Å². The Labute approximate surface area is 119 Å². The molecule has 0 aliphatic carbocycles. The van der Waals surface area contributed by atoms with Crippen molar-refractivity contribution >= 4 is 27.3 Å².